The lowest BCUT2D eigenvalue weighted by Crippen LogP contribution is -2.43. The second-order valence-electron chi connectivity index (χ2n) is 4.93. The lowest BCUT2D eigenvalue weighted by Gasteiger charge is -2.26. The molecule has 108 valence electrons. The van der Waals surface area contributed by atoms with Crippen LogP contribution in [0.2, 0.25) is 0 Å². The van der Waals surface area contributed by atoms with Gasteiger partial charge in [0.25, 0.3) is 0 Å². The van der Waals surface area contributed by atoms with E-state index in [1.54, 1.807) is 18.4 Å². The molecule has 0 saturated carbocycles. The second-order valence-corrected chi connectivity index (χ2v) is 6.94. The third-order valence-electron chi connectivity index (χ3n) is 3.48. The smallest absolute Gasteiger partial charge is 0.216 e. The van der Waals surface area contributed by atoms with E-state index in [0.29, 0.717) is 18.8 Å². The summed E-state index contributed by atoms with van der Waals surface area (Å²) in [5, 5.41) is 3.28. The molecular weight excluding hydrogens is 264 g/mol. The fraction of sp³-hybridized carbons (Fsp3) is 0.692. The van der Waals surface area contributed by atoms with Crippen molar-refractivity contribution in [2.24, 2.45) is 0 Å². The molecule has 0 radical (unpaired) electrons. The van der Waals surface area contributed by atoms with Gasteiger partial charge in [-0.2, -0.15) is 4.31 Å². The van der Waals surface area contributed by atoms with Gasteiger partial charge in [0.15, 0.2) is 0 Å². The van der Waals surface area contributed by atoms with Crippen LogP contribution < -0.4 is 5.32 Å². The first-order valence-corrected chi connectivity index (χ1v) is 8.46. The van der Waals surface area contributed by atoms with Gasteiger partial charge in [-0.3, -0.25) is 0 Å². The summed E-state index contributed by atoms with van der Waals surface area (Å²) in [6.45, 7) is 3.56. The first-order valence-electron chi connectivity index (χ1n) is 6.85. The van der Waals surface area contributed by atoms with Crippen molar-refractivity contribution in [3.63, 3.8) is 0 Å². The summed E-state index contributed by atoms with van der Waals surface area (Å²) >= 11 is 0. The van der Waals surface area contributed by atoms with E-state index >= 15 is 0 Å². The minimum Gasteiger partial charge on any atom is -0.468 e. The zero-order valence-corrected chi connectivity index (χ0v) is 12.2. The predicted octanol–water partition coefficient (Wildman–Crippen LogP) is 1.57. The van der Waals surface area contributed by atoms with Gasteiger partial charge in [-0.1, -0.05) is 13.3 Å². The Morgan fingerprint density at radius 1 is 1.47 bits per heavy atom. The summed E-state index contributed by atoms with van der Waals surface area (Å²) in [7, 11) is -3.24. The lowest BCUT2D eigenvalue weighted by atomic mass is 10.1. The van der Waals surface area contributed by atoms with Gasteiger partial charge >= 0.3 is 0 Å². The summed E-state index contributed by atoms with van der Waals surface area (Å²) in [5.41, 5.74) is 0. The van der Waals surface area contributed by atoms with Crippen LogP contribution in [-0.2, 0) is 16.6 Å². The molecule has 1 N–H and O–H groups in total. The van der Waals surface area contributed by atoms with Crippen LogP contribution in [0.25, 0.3) is 0 Å². The van der Waals surface area contributed by atoms with E-state index < -0.39 is 10.0 Å². The molecule has 1 aliphatic rings. The number of furan rings is 1. The van der Waals surface area contributed by atoms with Crippen LogP contribution in [0, 0.1) is 0 Å². The van der Waals surface area contributed by atoms with Crippen LogP contribution in [0.5, 0.6) is 0 Å². The Hall–Kier alpha value is -0.850. The van der Waals surface area contributed by atoms with Gasteiger partial charge in [0.2, 0.25) is 10.0 Å². The van der Waals surface area contributed by atoms with Crippen molar-refractivity contribution in [2.45, 2.75) is 38.8 Å². The molecule has 19 heavy (non-hydrogen) atoms. The largest absolute Gasteiger partial charge is 0.468 e. The number of hydrogen-bond acceptors (Lipinski definition) is 4. The Bertz CT molecular complexity index is 464. The van der Waals surface area contributed by atoms with Crippen LogP contribution in [0.1, 0.15) is 31.9 Å². The average molecular weight is 286 g/mol. The van der Waals surface area contributed by atoms with Crippen LogP contribution in [-0.4, -0.2) is 37.6 Å². The molecule has 6 heteroatoms. The molecule has 1 fully saturated rings. The van der Waals surface area contributed by atoms with E-state index in [2.05, 4.69) is 5.32 Å². The Morgan fingerprint density at radius 2 is 2.32 bits per heavy atom. The first kappa shape index (κ1) is 14.6. The zero-order valence-electron chi connectivity index (χ0n) is 11.3. The van der Waals surface area contributed by atoms with Crippen molar-refractivity contribution in [1.82, 2.24) is 9.62 Å². The van der Waals surface area contributed by atoms with Crippen molar-refractivity contribution in [3.8, 4) is 0 Å². The molecule has 1 aromatic rings. The summed E-state index contributed by atoms with van der Waals surface area (Å²) in [6.07, 6.45) is 4.76. The molecule has 1 aliphatic heterocycles. The maximum absolute atomic E-state index is 12.4. The van der Waals surface area contributed by atoms with Gasteiger partial charge in [-0.25, -0.2) is 8.42 Å². The predicted molar refractivity (Wildman–Crippen MR) is 74.2 cm³/mol. The third kappa shape index (κ3) is 4.06. The minimum atomic E-state index is -3.24. The van der Waals surface area contributed by atoms with E-state index in [1.165, 1.54) is 4.31 Å². The van der Waals surface area contributed by atoms with Crippen LogP contribution in [0.3, 0.4) is 0 Å². The van der Waals surface area contributed by atoms with Gasteiger partial charge in [0, 0.05) is 12.6 Å². The quantitative estimate of drug-likeness (QED) is 0.862. The molecule has 1 aromatic heterocycles. The first-order chi connectivity index (χ1) is 9.12. The summed E-state index contributed by atoms with van der Waals surface area (Å²) in [6, 6.07) is 3.67. The molecule has 2 rings (SSSR count). The van der Waals surface area contributed by atoms with E-state index in [0.717, 1.165) is 25.8 Å². The number of rotatable bonds is 6. The fourth-order valence-electron chi connectivity index (χ4n) is 2.41. The monoisotopic (exact) mass is 286 g/mol. The SMILES string of the molecule is CCN(Cc1ccco1)S(=O)(=O)CC1CCCCN1. The molecule has 0 spiro atoms. The highest BCUT2D eigenvalue weighted by atomic mass is 32.2. The average Bonchev–Trinajstić information content (AvgIpc) is 2.89. The molecule has 0 amide bonds. The normalized spacial score (nSPS) is 20.8. The minimum absolute atomic E-state index is 0.0874. The molecule has 1 saturated heterocycles. The van der Waals surface area contributed by atoms with E-state index in [4.69, 9.17) is 4.42 Å². The number of hydrogen-bond donors (Lipinski definition) is 1. The van der Waals surface area contributed by atoms with Gasteiger partial charge in [-0.15, -0.1) is 0 Å². The molecule has 0 bridgehead atoms. The highest BCUT2D eigenvalue weighted by Gasteiger charge is 2.26. The number of sulfonamides is 1. The number of piperidine rings is 1. The Morgan fingerprint density at radius 3 is 2.89 bits per heavy atom. The summed E-state index contributed by atoms with van der Waals surface area (Å²) in [4.78, 5) is 0. The van der Waals surface area contributed by atoms with E-state index in [-0.39, 0.29) is 11.8 Å². The fourth-order valence-corrected chi connectivity index (χ4v) is 4.13. The highest BCUT2D eigenvalue weighted by Crippen LogP contribution is 2.14. The number of nitrogens with one attached hydrogen (secondary N) is 1. The topological polar surface area (TPSA) is 62.6 Å². The van der Waals surface area contributed by atoms with Gasteiger partial charge in [-0.05, 0) is 31.5 Å². The zero-order chi connectivity index (χ0) is 13.7. The van der Waals surface area contributed by atoms with Crippen molar-refractivity contribution < 1.29 is 12.8 Å². The van der Waals surface area contributed by atoms with E-state index in [9.17, 15) is 8.42 Å². The molecule has 1 unspecified atom stereocenters. The Labute approximate surface area is 115 Å². The molecule has 0 aliphatic carbocycles. The van der Waals surface area contributed by atoms with E-state index in [1.807, 2.05) is 6.92 Å². The van der Waals surface area contributed by atoms with Crippen molar-refractivity contribution in [1.29, 1.82) is 0 Å². The van der Waals surface area contributed by atoms with Crippen molar-refractivity contribution in [2.75, 3.05) is 18.8 Å². The standard InChI is InChI=1S/C13H22N2O3S/c1-2-15(10-13-7-5-9-18-13)19(16,17)11-12-6-3-4-8-14-12/h5,7,9,12,14H,2-4,6,8,10-11H2,1H3. The van der Waals surface area contributed by atoms with Crippen molar-refractivity contribution >= 4 is 10.0 Å². The summed E-state index contributed by atoms with van der Waals surface area (Å²) in [5.74, 6) is 0.865. The lowest BCUT2D eigenvalue weighted by molar-refractivity contribution is 0.365. The molecule has 5 nitrogen and oxygen atoms in total. The van der Waals surface area contributed by atoms with Crippen molar-refractivity contribution in [3.05, 3.63) is 24.2 Å². The third-order valence-corrected chi connectivity index (χ3v) is 5.48. The van der Waals surface area contributed by atoms with Gasteiger partial charge in [0.05, 0.1) is 18.6 Å². The number of nitrogens with zero attached hydrogens (tertiary/aromatic N) is 1. The Kier molecular flexibility index (Phi) is 5.01. The maximum atomic E-state index is 12.4. The van der Waals surface area contributed by atoms with Gasteiger partial charge in [0.1, 0.15) is 5.76 Å². The maximum Gasteiger partial charge on any atom is 0.216 e. The summed E-state index contributed by atoms with van der Waals surface area (Å²) < 4.78 is 31.5. The highest BCUT2D eigenvalue weighted by molar-refractivity contribution is 7.89. The molecular formula is C13H22N2O3S. The Balaban J connectivity index is 1.98. The molecule has 0 aromatic carbocycles. The molecule has 1 atom stereocenters. The van der Waals surface area contributed by atoms with Crippen LogP contribution >= 0.6 is 0 Å². The van der Waals surface area contributed by atoms with Crippen LogP contribution in [0.4, 0.5) is 0 Å². The molecule has 2 heterocycles. The van der Waals surface area contributed by atoms with Crippen LogP contribution in [0.15, 0.2) is 22.8 Å². The van der Waals surface area contributed by atoms with Gasteiger partial charge < -0.3 is 9.73 Å². The second kappa shape index (κ2) is 6.54.